The van der Waals surface area contributed by atoms with Crippen LogP contribution < -0.4 is 9.47 Å². The first-order chi connectivity index (χ1) is 37.9. The highest BCUT2D eigenvalue weighted by Gasteiger charge is 2.41. The summed E-state index contributed by atoms with van der Waals surface area (Å²) in [7, 11) is 6.48. The van der Waals surface area contributed by atoms with E-state index in [1.54, 1.807) is 111 Å². The van der Waals surface area contributed by atoms with Crippen molar-refractivity contribution in [2.24, 2.45) is 23.7 Å². The Labute approximate surface area is 473 Å². The third-order valence-corrected chi connectivity index (χ3v) is 14.0. The van der Waals surface area contributed by atoms with Gasteiger partial charge in [0.15, 0.2) is 12.2 Å². The molecule has 8 atom stereocenters. The quantitative estimate of drug-likeness (QED) is 0.0675. The lowest BCUT2D eigenvalue weighted by atomic mass is 10.00. The Bertz CT molecular complexity index is 2370. The number of hydrogen-bond donors (Lipinski definition) is 0. The maximum atomic E-state index is 15.0. The third-order valence-electron chi connectivity index (χ3n) is 14.0. The maximum absolute atomic E-state index is 15.0. The van der Waals surface area contributed by atoms with Crippen molar-refractivity contribution >= 4 is 35.7 Å². The van der Waals surface area contributed by atoms with E-state index >= 15 is 0 Å². The van der Waals surface area contributed by atoms with Crippen LogP contribution in [0, 0.1) is 23.7 Å². The Morgan fingerprint density at radius 1 is 0.450 bits per heavy atom. The molecule has 4 aromatic rings. The van der Waals surface area contributed by atoms with Crippen molar-refractivity contribution in [1.29, 1.82) is 0 Å². The number of furan rings is 2. The van der Waals surface area contributed by atoms with Crippen molar-refractivity contribution in [1.82, 2.24) is 19.6 Å². The molecule has 2 amide bonds. The fraction of sp³-hybridized carbons (Fsp3) is 0.581. The zero-order valence-electron chi connectivity index (χ0n) is 49.6. The highest BCUT2D eigenvalue weighted by molar-refractivity contribution is 5.90. The second-order valence-electron chi connectivity index (χ2n) is 23.1. The maximum Gasteiger partial charge on any atom is 0.329 e. The van der Waals surface area contributed by atoms with E-state index in [2.05, 4.69) is 0 Å². The van der Waals surface area contributed by atoms with Crippen LogP contribution in [-0.4, -0.2) is 145 Å². The van der Waals surface area contributed by atoms with Gasteiger partial charge in [0.1, 0.15) is 72.6 Å². The van der Waals surface area contributed by atoms with Crippen LogP contribution in [0.3, 0.4) is 0 Å². The fourth-order valence-electron chi connectivity index (χ4n) is 9.74. The Kier molecular flexibility index (Phi) is 24.7. The number of cyclic esters (lactones) is 4. The number of nitrogens with zero attached hydrogens (tertiary/aromatic N) is 4. The van der Waals surface area contributed by atoms with Gasteiger partial charge < -0.3 is 47.1 Å². The minimum absolute atomic E-state index is 0.00662. The molecule has 5 rings (SSSR count). The van der Waals surface area contributed by atoms with Gasteiger partial charge in [0.05, 0.1) is 12.5 Å². The number of carbonyl (C=O) groups excluding carboxylic acids is 6. The summed E-state index contributed by atoms with van der Waals surface area (Å²) in [6.07, 6.45) is -0.155. The number of carbonyl (C=O) groups is 6. The summed E-state index contributed by atoms with van der Waals surface area (Å²) in [4.78, 5) is 94.4. The monoisotopic (exact) mass is 1110 g/mol. The molecule has 80 heavy (non-hydrogen) atoms. The van der Waals surface area contributed by atoms with E-state index in [9.17, 15) is 28.8 Å². The van der Waals surface area contributed by atoms with Crippen molar-refractivity contribution in [2.45, 2.75) is 170 Å². The smallest absolute Gasteiger partial charge is 0.329 e. The van der Waals surface area contributed by atoms with Gasteiger partial charge in [-0.1, -0.05) is 79.7 Å². The summed E-state index contributed by atoms with van der Waals surface area (Å²) in [6, 6.07) is 17.4. The van der Waals surface area contributed by atoms with Crippen LogP contribution >= 0.6 is 0 Å². The van der Waals surface area contributed by atoms with E-state index in [-0.39, 0.29) is 75.7 Å². The molecule has 2 aromatic heterocycles. The standard InChI is InChI=1S/C62H88N4O14/c1-39(2)29-51-59(69)79-55(33-45-19-23-47(24-20-45)75-37-49-17-15-27-73-49)57(67)65(13)54(32-42(7)8)62(72)78-44(10)36-64(12)52(30-40(3)4)60(70)80-56(34-46-21-25-48(26-22-46)76-38-50-18-16-28-74-50)58(68)66(14)53(31-41(5)6)61(71)77-43(9)35-63(51)11/h15-28,39-44,51-56H,29-38H2,1-14H3/t43-,44-,51+,52+,53+,54+,55-,56-/m1/s1. The van der Waals surface area contributed by atoms with E-state index in [4.69, 9.17) is 37.3 Å². The zero-order chi connectivity index (χ0) is 58.8. The van der Waals surface area contributed by atoms with Crippen LogP contribution in [0.25, 0.3) is 0 Å². The van der Waals surface area contributed by atoms with E-state index in [0.717, 1.165) is 0 Å². The normalized spacial score (nSPS) is 23.5. The molecule has 0 bridgehead atoms. The highest BCUT2D eigenvalue weighted by atomic mass is 16.6. The molecule has 18 heteroatoms. The summed E-state index contributed by atoms with van der Waals surface area (Å²) >= 11 is 0. The SMILES string of the molecule is CC(C)C[C@H]1C(=O)O[C@H](Cc2ccc(OCc3ccco3)cc2)C(=O)N(C)[C@@H](CC(C)C)C(=O)O[C@H](C)CN(C)[C@@H](CC(C)C)C(=O)O[C@H](Cc2ccc(OCc3ccco3)cc2)C(=O)N(C)[C@@H](CC(C)C)C(=O)O[C@H](C)CN1C. The Morgan fingerprint density at radius 3 is 1.06 bits per heavy atom. The number of rotatable bonds is 18. The minimum atomic E-state index is -1.38. The Morgan fingerprint density at radius 2 is 0.762 bits per heavy atom. The average molecular weight is 1110 g/mol. The number of esters is 4. The topological polar surface area (TPSA) is 197 Å². The van der Waals surface area contributed by atoms with Gasteiger partial charge >= 0.3 is 23.9 Å². The number of amides is 2. The van der Waals surface area contributed by atoms with E-state index in [0.29, 0.717) is 47.0 Å². The minimum Gasteiger partial charge on any atom is -0.486 e. The fourth-order valence-corrected chi connectivity index (χ4v) is 9.74. The summed E-state index contributed by atoms with van der Waals surface area (Å²) < 4.78 is 47.6. The molecule has 3 heterocycles. The molecule has 0 spiro atoms. The largest absolute Gasteiger partial charge is 0.486 e. The van der Waals surface area contributed by atoms with Crippen LogP contribution in [-0.2, 0) is 73.8 Å². The molecule has 1 aliphatic rings. The van der Waals surface area contributed by atoms with Crippen LogP contribution in [0.2, 0.25) is 0 Å². The van der Waals surface area contributed by atoms with Gasteiger partial charge in [-0.2, -0.15) is 0 Å². The van der Waals surface area contributed by atoms with Crippen molar-refractivity contribution in [3.63, 3.8) is 0 Å². The second kappa shape index (κ2) is 30.8. The summed E-state index contributed by atoms with van der Waals surface area (Å²) in [5.41, 5.74) is 1.33. The van der Waals surface area contributed by atoms with Gasteiger partial charge in [0.2, 0.25) is 0 Å². The lowest BCUT2D eigenvalue weighted by Gasteiger charge is -2.35. The Balaban J connectivity index is 1.52. The highest BCUT2D eigenvalue weighted by Crippen LogP contribution is 2.25. The molecule has 1 fully saturated rings. The third kappa shape index (κ3) is 19.9. The predicted octanol–water partition coefficient (Wildman–Crippen LogP) is 8.96. The molecule has 0 aliphatic carbocycles. The van der Waals surface area contributed by atoms with E-state index < -0.39 is 84.3 Å². The van der Waals surface area contributed by atoms with Gasteiger partial charge in [0.25, 0.3) is 11.8 Å². The lowest BCUT2D eigenvalue weighted by Crippen LogP contribution is -2.53. The first-order valence-corrected chi connectivity index (χ1v) is 28.1. The van der Waals surface area contributed by atoms with Gasteiger partial charge in [-0.05, 0) is 137 Å². The molecule has 440 valence electrons. The molecule has 0 saturated carbocycles. The summed E-state index contributed by atoms with van der Waals surface area (Å²) in [5, 5.41) is 0. The summed E-state index contributed by atoms with van der Waals surface area (Å²) in [6.45, 7) is 19.6. The first-order valence-electron chi connectivity index (χ1n) is 28.1. The number of likely N-dealkylation sites (N-methyl/N-ethyl adjacent to an activating group) is 4. The van der Waals surface area contributed by atoms with Crippen molar-refractivity contribution in [3.05, 3.63) is 108 Å². The zero-order valence-corrected chi connectivity index (χ0v) is 49.6. The molecule has 18 nitrogen and oxygen atoms in total. The molecule has 1 aliphatic heterocycles. The van der Waals surface area contributed by atoms with Gasteiger partial charge in [-0.25, -0.2) is 9.59 Å². The number of benzene rings is 2. The molecule has 0 radical (unpaired) electrons. The molecule has 2 aromatic carbocycles. The second-order valence-corrected chi connectivity index (χ2v) is 23.1. The molecule has 0 unspecified atom stereocenters. The van der Waals surface area contributed by atoms with Gasteiger partial charge in [-0.3, -0.25) is 29.0 Å². The van der Waals surface area contributed by atoms with Crippen LogP contribution in [0.1, 0.15) is 118 Å². The molecule has 1 saturated heterocycles. The van der Waals surface area contributed by atoms with E-state index in [1.807, 2.05) is 67.5 Å². The van der Waals surface area contributed by atoms with Crippen molar-refractivity contribution < 1.29 is 66.0 Å². The van der Waals surface area contributed by atoms with E-state index in [1.165, 1.54) is 23.9 Å². The number of hydrogen-bond acceptors (Lipinski definition) is 16. The first kappa shape index (κ1) is 64.2. The summed E-state index contributed by atoms with van der Waals surface area (Å²) in [5.74, 6) is -1.62. The number of ether oxygens (including phenoxy) is 6. The van der Waals surface area contributed by atoms with Crippen molar-refractivity contribution in [3.8, 4) is 11.5 Å². The van der Waals surface area contributed by atoms with Gasteiger partial charge in [0, 0.05) is 40.0 Å². The van der Waals surface area contributed by atoms with Crippen LogP contribution in [0.15, 0.2) is 94.2 Å². The Hall–Kier alpha value is -6.66. The van der Waals surface area contributed by atoms with Crippen LogP contribution in [0.4, 0.5) is 0 Å². The average Bonchev–Trinajstić information content (AvgIpc) is 4.14. The van der Waals surface area contributed by atoms with Crippen molar-refractivity contribution in [2.75, 3.05) is 41.3 Å². The van der Waals surface area contributed by atoms with Crippen LogP contribution in [0.5, 0.6) is 11.5 Å². The molecule has 0 N–H and O–H groups in total. The predicted molar refractivity (Wildman–Crippen MR) is 301 cm³/mol. The lowest BCUT2D eigenvalue weighted by molar-refractivity contribution is -0.171. The molecular formula is C62H88N4O14. The van der Waals surface area contributed by atoms with Gasteiger partial charge in [-0.15, -0.1) is 0 Å². The molecular weight excluding hydrogens is 1020 g/mol.